The average molecular weight is 630 g/mol. The van der Waals surface area contributed by atoms with Crippen molar-refractivity contribution < 1.29 is 17.5 Å². The summed E-state index contributed by atoms with van der Waals surface area (Å²) in [6.45, 7) is 7.19. The molecule has 0 fully saturated rings. The fourth-order valence-electron chi connectivity index (χ4n) is 5.37. The Balaban J connectivity index is 0. The number of allylic oxidation sites excluding steroid dienone is 4. The Labute approximate surface area is 270 Å². The van der Waals surface area contributed by atoms with Gasteiger partial charge in [-0.05, 0) is 84.3 Å². The Kier molecular flexibility index (Phi) is 38.7. The fraction of sp³-hybridized carbons (Fsp3) is 0.892. The van der Waals surface area contributed by atoms with Gasteiger partial charge in [0.2, 0.25) is 0 Å². The van der Waals surface area contributed by atoms with Gasteiger partial charge in [0.15, 0.2) is 0 Å². The second-order valence-corrected chi connectivity index (χ2v) is 13.5. The van der Waals surface area contributed by atoms with Crippen LogP contribution in [0.25, 0.3) is 0 Å². The van der Waals surface area contributed by atoms with E-state index in [4.69, 9.17) is 17.5 Å². The SMILES string of the molecule is CCCCCCCCC=CCCCCCCCCN(C)CCCCCCCCC=CCCCCCCCC.O=S(=O)(O)O. The molecule has 0 heterocycles. The van der Waals surface area contributed by atoms with Gasteiger partial charge in [0.05, 0.1) is 0 Å². The summed E-state index contributed by atoms with van der Waals surface area (Å²) in [7, 11) is -2.34. The van der Waals surface area contributed by atoms with Crippen LogP contribution < -0.4 is 0 Å². The molecule has 0 aromatic carbocycles. The second kappa shape index (κ2) is 37.5. The van der Waals surface area contributed by atoms with Gasteiger partial charge in [-0.25, -0.2) is 0 Å². The van der Waals surface area contributed by atoms with Crippen LogP contribution in [0.3, 0.4) is 0 Å². The molecule has 0 rings (SSSR count). The van der Waals surface area contributed by atoms with Crippen LogP contribution in [0, 0.1) is 0 Å². The van der Waals surface area contributed by atoms with Crippen molar-refractivity contribution in [2.45, 2.75) is 194 Å². The molecule has 0 aromatic heterocycles. The maximum Gasteiger partial charge on any atom is 0.394 e. The first-order chi connectivity index (χ1) is 20.8. The van der Waals surface area contributed by atoms with Crippen molar-refractivity contribution in [3.63, 3.8) is 0 Å². The molecular weight excluding hydrogens is 554 g/mol. The molecule has 0 bridgehead atoms. The van der Waals surface area contributed by atoms with E-state index >= 15 is 0 Å². The molecule has 0 saturated carbocycles. The van der Waals surface area contributed by atoms with Crippen molar-refractivity contribution in [3.05, 3.63) is 24.3 Å². The molecule has 6 heteroatoms. The van der Waals surface area contributed by atoms with E-state index in [9.17, 15) is 0 Å². The van der Waals surface area contributed by atoms with Crippen LogP contribution in [0.4, 0.5) is 0 Å². The number of hydrogen-bond donors (Lipinski definition) is 2. The van der Waals surface area contributed by atoms with Gasteiger partial charge in [0.25, 0.3) is 0 Å². The van der Waals surface area contributed by atoms with Crippen LogP contribution >= 0.6 is 0 Å². The molecule has 0 aliphatic rings. The maximum atomic E-state index is 8.74. The van der Waals surface area contributed by atoms with Crippen LogP contribution in [-0.2, 0) is 10.4 Å². The fourth-order valence-corrected chi connectivity index (χ4v) is 5.37. The van der Waals surface area contributed by atoms with E-state index in [1.165, 1.54) is 193 Å². The van der Waals surface area contributed by atoms with Gasteiger partial charge >= 0.3 is 10.4 Å². The van der Waals surface area contributed by atoms with E-state index in [1.54, 1.807) is 0 Å². The third-order valence-corrected chi connectivity index (χ3v) is 8.10. The Morgan fingerprint density at radius 3 is 0.884 bits per heavy atom. The van der Waals surface area contributed by atoms with Crippen LogP contribution in [0.15, 0.2) is 24.3 Å². The number of unbranched alkanes of at least 4 members (excludes halogenated alkanes) is 24. The molecule has 2 N–H and O–H groups in total. The smallest absolute Gasteiger partial charge is 0.306 e. The van der Waals surface area contributed by atoms with Crippen molar-refractivity contribution in [2.75, 3.05) is 20.1 Å². The van der Waals surface area contributed by atoms with E-state index in [0.717, 1.165) is 0 Å². The topological polar surface area (TPSA) is 77.8 Å². The first-order valence-electron chi connectivity index (χ1n) is 18.5. The molecular formula is C37H75NO4S. The van der Waals surface area contributed by atoms with Crippen molar-refractivity contribution in [2.24, 2.45) is 0 Å². The van der Waals surface area contributed by atoms with E-state index < -0.39 is 10.4 Å². The van der Waals surface area contributed by atoms with Crippen molar-refractivity contribution in [1.82, 2.24) is 4.90 Å². The highest BCUT2D eigenvalue weighted by atomic mass is 32.3. The average Bonchev–Trinajstić information content (AvgIpc) is 2.96. The van der Waals surface area contributed by atoms with Crippen molar-refractivity contribution in [3.8, 4) is 0 Å². The molecule has 258 valence electrons. The standard InChI is InChI=1S/C37H73N.H2O4S/c1-4-6-8-10-12-14-16-18-20-22-24-26-28-30-32-34-36-38(3)37-35-33-31-29-27-25-23-21-19-17-15-13-11-9-7-5-2;1-5(2,3)4/h18-21H,4-17,22-37H2,1-3H3;(H2,1,2,3,4). The lowest BCUT2D eigenvalue weighted by molar-refractivity contribution is 0.314. The molecule has 5 nitrogen and oxygen atoms in total. The summed E-state index contributed by atoms with van der Waals surface area (Å²) in [6, 6.07) is 0. The van der Waals surface area contributed by atoms with Gasteiger partial charge in [-0.2, -0.15) is 8.42 Å². The van der Waals surface area contributed by atoms with Gasteiger partial charge in [0, 0.05) is 0 Å². The molecule has 43 heavy (non-hydrogen) atoms. The Morgan fingerprint density at radius 2 is 0.628 bits per heavy atom. The summed E-state index contributed by atoms with van der Waals surface area (Å²) in [5.74, 6) is 0. The molecule has 0 aliphatic heterocycles. The summed E-state index contributed by atoms with van der Waals surface area (Å²) in [5, 5.41) is 0. The highest BCUT2D eigenvalue weighted by Crippen LogP contribution is 2.12. The lowest BCUT2D eigenvalue weighted by Crippen LogP contribution is -2.20. The number of rotatable bonds is 32. The van der Waals surface area contributed by atoms with Gasteiger partial charge in [-0.3, -0.25) is 9.11 Å². The van der Waals surface area contributed by atoms with Gasteiger partial charge in [-0.1, -0.05) is 154 Å². The summed E-state index contributed by atoms with van der Waals surface area (Å²) in [6.07, 6.45) is 48.9. The molecule has 0 amide bonds. The predicted octanol–water partition coefficient (Wildman–Crippen LogP) is 12.3. The van der Waals surface area contributed by atoms with Crippen molar-refractivity contribution in [1.29, 1.82) is 0 Å². The minimum atomic E-state index is -4.67. The third kappa shape index (κ3) is 51.2. The van der Waals surface area contributed by atoms with E-state index in [0.29, 0.717) is 0 Å². The van der Waals surface area contributed by atoms with Crippen LogP contribution in [0.5, 0.6) is 0 Å². The normalized spacial score (nSPS) is 12.0. The van der Waals surface area contributed by atoms with E-state index in [-0.39, 0.29) is 0 Å². The maximum absolute atomic E-state index is 8.74. The molecule has 0 spiro atoms. The number of hydrogen-bond acceptors (Lipinski definition) is 3. The van der Waals surface area contributed by atoms with Crippen LogP contribution in [0.2, 0.25) is 0 Å². The monoisotopic (exact) mass is 630 g/mol. The molecule has 0 radical (unpaired) electrons. The van der Waals surface area contributed by atoms with Crippen LogP contribution in [0.1, 0.15) is 194 Å². The lowest BCUT2D eigenvalue weighted by atomic mass is 10.1. The van der Waals surface area contributed by atoms with Crippen molar-refractivity contribution >= 4 is 10.4 Å². The highest BCUT2D eigenvalue weighted by molar-refractivity contribution is 7.79. The minimum absolute atomic E-state index is 1.30. The largest absolute Gasteiger partial charge is 0.394 e. The Hall–Kier alpha value is -0.690. The Morgan fingerprint density at radius 1 is 0.419 bits per heavy atom. The summed E-state index contributed by atoms with van der Waals surface area (Å²) >= 11 is 0. The Bertz CT molecular complexity index is 628. The van der Waals surface area contributed by atoms with Gasteiger partial charge < -0.3 is 4.90 Å². The third-order valence-electron chi connectivity index (χ3n) is 8.10. The first kappa shape index (κ1) is 44.4. The summed E-state index contributed by atoms with van der Waals surface area (Å²) in [4.78, 5) is 2.57. The zero-order valence-electron chi connectivity index (χ0n) is 29.1. The lowest BCUT2D eigenvalue weighted by Gasteiger charge is -2.16. The van der Waals surface area contributed by atoms with Gasteiger partial charge in [-0.15, -0.1) is 0 Å². The van der Waals surface area contributed by atoms with E-state index in [2.05, 4.69) is 50.1 Å². The quantitative estimate of drug-likeness (QED) is 0.0440. The second-order valence-electron chi connectivity index (χ2n) is 12.6. The molecule has 0 aromatic rings. The molecule has 0 aliphatic carbocycles. The number of nitrogens with zero attached hydrogens (tertiary/aromatic N) is 1. The van der Waals surface area contributed by atoms with Gasteiger partial charge in [0.1, 0.15) is 0 Å². The summed E-state index contributed by atoms with van der Waals surface area (Å²) in [5.41, 5.74) is 0. The van der Waals surface area contributed by atoms with E-state index in [1.807, 2.05) is 0 Å². The highest BCUT2D eigenvalue weighted by Gasteiger charge is 1.99. The molecule has 0 saturated heterocycles. The zero-order chi connectivity index (χ0) is 32.1. The summed E-state index contributed by atoms with van der Waals surface area (Å²) < 4.78 is 31.6. The predicted molar refractivity (Wildman–Crippen MR) is 191 cm³/mol. The molecule has 0 unspecified atom stereocenters. The molecule has 0 atom stereocenters. The minimum Gasteiger partial charge on any atom is -0.306 e. The first-order valence-corrected chi connectivity index (χ1v) is 19.9. The van der Waals surface area contributed by atoms with Crippen LogP contribution in [-0.4, -0.2) is 42.6 Å². The zero-order valence-corrected chi connectivity index (χ0v) is 29.9.